The van der Waals surface area contributed by atoms with E-state index in [-0.39, 0.29) is 0 Å². The van der Waals surface area contributed by atoms with Gasteiger partial charge in [0, 0.05) is 30.9 Å². The molecule has 1 aromatic heterocycles. The van der Waals surface area contributed by atoms with Crippen LogP contribution in [0.2, 0.25) is 0 Å². The van der Waals surface area contributed by atoms with Crippen LogP contribution in [-0.2, 0) is 0 Å². The lowest BCUT2D eigenvalue weighted by atomic mass is 10.1. The maximum Gasteiger partial charge on any atom is 0.132 e. The molecule has 1 aliphatic rings. The summed E-state index contributed by atoms with van der Waals surface area (Å²) in [5.74, 6) is 1.08. The molecule has 0 spiro atoms. The van der Waals surface area contributed by atoms with Gasteiger partial charge in [0.15, 0.2) is 0 Å². The van der Waals surface area contributed by atoms with E-state index in [1.165, 1.54) is 12.8 Å². The Balaban J connectivity index is 2.15. The number of hydrogen-bond acceptors (Lipinski definition) is 4. The number of nitrogens with zero attached hydrogens (tertiary/aromatic N) is 3. The van der Waals surface area contributed by atoms with Gasteiger partial charge >= 0.3 is 0 Å². The van der Waals surface area contributed by atoms with Crippen LogP contribution in [0, 0.1) is 6.92 Å². The Hall–Kier alpha value is -1.16. The Bertz CT molecular complexity index is 347. The van der Waals surface area contributed by atoms with E-state index in [2.05, 4.69) is 33.2 Å². The molecule has 1 N–H and O–H groups in total. The van der Waals surface area contributed by atoms with Crippen LogP contribution in [0.5, 0.6) is 0 Å². The number of aromatic nitrogens is 2. The Morgan fingerprint density at radius 2 is 2.35 bits per heavy atom. The van der Waals surface area contributed by atoms with Crippen LogP contribution < -0.4 is 10.2 Å². The van der Waals surface area contributed by atoms with Gasteiger partial charge in [-0.15, -0.1) is 0 Å². The van der Waals surface area contributed by atoms with Crippen LogP contribution in [-0.4, -0.2) is 35.6 Å². The molecule has 0 amide bonds. The second kappa shape index (κ2) is 5.96. The van der Waals surface area contributed by atoms with Crippen molar-refractivity contribution >= 4 is 5.82 Å². The summed E-state index contributed by atoms with van der Waals surface area (Å²) in [6.45, 7) is 7.54. The van der Waals surface area contributed by atoms with E-state index in [0.717, 1.165) is 37.6 Å². The van der Waals surface area contributed by atoms with Crippen LogP contribution in [0.15, 0.2) is 12.4 Å². The van der Waals surface area contributed by atoms with Gasteiger partial charge < -0.3 is 10.2 Å². The third kappa shape index (κ3) is 3.16. The van der Waals surface area contributed by atoms with Crippen LogP contribution >= 0.6 is 0 Å². The quantitative estimate of drug-likeness (QED) is 0.862. The lowest BCUT2D eigenvalue weighted by Crippen LogP contribution is -2.46. The predicted molar refractivity (Wildman–Crippen MR) is 70.3 cm³/mol. The molecule has 1 fully saturated rings. The molecule has 17 heavy (non-hydrogen) atoms. The fourth-order valence-corrected chi connectivity index (χ4v) is 2.42. The molecule has 1 unspecified atom stereocenters. The van der Waals surface area contributed by atoms with E-state index in [4.69, 9.17) is 0 Å². The monoisotopic (exact) mass is 234 g/mol. The Labute approximate surface area is 103 Å². The highest BCUT2D eigenvalue weighted by Crippen LogP contribution is 2.19. The summed E-state index contributed by atoms with van der Waals surface area (Å²) in [5.41, 5.74) is 1.04. The van der Waals surface area contributed by atoms with Crippen molar-refractivity contribution in [1.82, 2.24) is 15.3 Å². The minimum absolute atomic E-state index is 0.581. The summed E-state index contributed by atoms with van der Waals surface area (Å²) in [5, 5.41) is 3.47. The van der Waals surface area contributed by atoms with Crippen molar-refractivity contribution in [2.24, 2.45) is 0 Å². The van der Waals surface area contributed by atoms with Gasteiger partial charge in [-0.25, -0.2) is 9.97 Å². The van der Waals surface area contributed by atoms with E-state index >= 15 is 0 Å². The van der Waals surface area contributed by atoms with Crippen molar-refractivity contribution in [3.05, 3.63) is 18.1 Å². The molecule has 0 aromatic carbocycles. The third-order valence-electron chi connectivity index (χ3n) is 3.26. The highest BCUT2D eigenvalue weighted by atomic mass is 15.2. The molecule has 2 rings (SSSR count). The van der Waals surface area contributed by atoms with E-state index in [9.17, 15) is 0 Å². The van der Waals surface area contributed by atoms with Gasteiger partial charge in [0.2, 0.25) is 0 Å². The Morgan fingerprint density at radius 1 is 1.47 bits per heavy atom. The maximum atomic E-state index is 4.42. The molecule has 0 aliphatic carbocycles. The van der Waals surface area contributed by atoms with Gasteiger partial charge in [0.25, 0.3) is 0 Å². The van der Waals surface area contributed by atoms with Gasteiger partial charge in [-0.3, -0.25) is 0 Å². The first kappa shape index (κ1) is 12.3. The molecule has 0 bridgehead atoms. The van der Waals surface area contributed by atoms with Crippen molar-refractivity contribution in [2.45, 2.75) is 39.2 Å². The number of hydrogen-bond donors (Lipinski definition) is 1. The minimum atomic E-state index is 0.581. The number of rotatable bonds is 4. The predicted octanol–water partition coefficient (Wildman–Crippen LogP) is 1.75. The van der Waals surface area contributed by atoms with E-state index in [1.807, 2.05) is 6.92 Å². The molecule has 1 aromatic rings. The van der Waals surface area contributed by atoms with Crippen LogP contribution in [0.1, 0.15) is 31.9 Å². The van der Waals surface area contributed by atoms with E-state index in [1.54, 1.807) is 6.33 Å². The van der Waals surface area contributed by atoms with Gasteiger partial charge in [0.05, 0.1) is 0 Å². The SMILES string of the molecule is CCCN(c1cc(C)ncn1)C1CCCNC1. The molecule has 4 nitrogen and oxygen atoms in total. The van der Waals surface area contributed by atoms with Gasteiger partial charge in [0.1, 0.15) is 12.1 Å². The highest BCUT2D eigenvalue weighted by molar-refractivity contribution is 5.40. The molecule has 0 saturated carbocycles. The van der Waals surface area contributed by atoms with Crippen molar-refractivity contribution in [2.75, 3.05) is 24.5 Å². The fourth-order valence-electron chi connectivity index (χ4n) is 2.42. The average molecular weight is 234 g/mol. The standard InChI is InChI=1S/C13H22N4/c1-3-7-17(12-5-4-6-14-9-12)13-8-11(2)15-10-16-13/h8,10,12,14H,3-7,9H2,1-2H3. The summed E-state index contributed by atoms with van der Waals surface area (Å²) >= 11 is 0. The normalized spacial score (nSPS) is 20.2. The molecular formula is C13H22N4. The van der Waals surface area contributed by atoms with E-state index < -0.39 is 0 Å². The van der Waals surface area contributed by atoms with E-state index in [0.29, 0.717) is 6.04 Å². The zero-order valence-corrected chi connectivity index (χ0v) is 10.8. The number of piperidine rings is 1. The zero-order valence-electron chi connectivity index (χ0n) is 10.8. The fraction of sp³-hybridized carbons (Fsp3) is 0.692. The average Bonchev–Trinajstić information content (AvgIpc) is 2.37. The molecule has 1 atom stereocenters. The lowest BCUT2D eigenvalue weighted by molar-refractivity contribution is 0.428. The lowest BCUT2D eigenvalue weighted by Gasteiger charge is -2.35. The van der Waals surface area contributed by atoms with Crippen molar-refractivity contribution in [3.8, 4) is 0 Å². The first-order valence-corrected chi connectivity index (χ1v) is 6.57. The minimum Gasteiger partial charge on any atom is -0.352 e. The highest BCUT2D eigenvalue weighted by Gasteiger charge is 2.21. The molecule has 2 heterocycles. The molecular weight excluding hydrogens is 212 g/mol. The van der Waals surface area contributed by atoms with Crippen molar-refractivity contribution in [1.29, 1.82) is 0 Å². The van der Waals surface area contributed by atoms with Crippen LogP contribution in [0.3, 0.4) is 0 Å². The van der Waals surface area contributed by atoms with Crippen molar-refractivity contribution < 1.29 is 0 Å². The molecule has 1 aliphatic heterocycles. The van der Waals surface area contributed by atoms with Gasteiger partial charge in [-0.2, -0.15) is 0 Å². The summed E-state index contributed by atoms with van der Waals surface area (Å²) in [4.78, 5) is 11.0. The maximum absolute atomic E-state index is 4.42. The van der Waals surface area contributed by atoms with Gasteiger partial charge in [-0.05, 0) is 32.7 Å². The molecule has 4 heteroatoms. The first-order chi connectivity index (χ1) is 8.31. The van der Waals surface area contributed by atoms with Gasteiger partial charge in [-0.1, -0.05) is 6.92 Å². The molecule has 0 radical (unpaired) electrons. The first-order valence-electron chi connectivity index (χ1n) is 6.57. The molecule has 1 saturated heterocycles. The molecule has 94 valence electrons. The summed E-state index contributed by atoms with van der Waals surface area (Å²) in [6.07, 6.45) is 5.34. The zero-order chi connectivity index (χ0) is 12.1. The number of anilines is 1. The smallest absolute Gasteiger partial charge is 0.132 e. The topological polar surface area (TPSA) is 41.1 Å². The summed E-state index contributed by atoms with van der Waals surface area (Å²) < 4.78 is 0. The van der Waals surface area contributed by atoms with Crippen LogP contribution in [0.25, 0.3) is 0 Å². The largest absolute Gasteiger partial charge is 0.352 e. The number of aryl methyl sites for hydroxylation is 1. The number of nitrogens with one attached hydrogen (secondary N) is 1. The third-order valence-corrected chi connectivity index (χ3v) is 3.26. The summed E-state index contributed by atoms with van der Waals surface area (Å²) in [6, 6.07) is 2.67. The summed E-state index contributed by atoms with van der Waals surface area (Å²) in [7, 11) is 0. The second-order valence-corrected chi connectivity index (χ2v) is 4.71. The second-order valence-electron chi connectivity index (χ2n) is 4.71. The Morgan fingerprint density at radius 3 is 3.00 bits per heavy atom. The van der Waals surface area contributed by atoms with Crippen molar-refractivity contribution in [3.63, 3.8) is 0 Å². The Kier molecular flexibility index (Phi) is 4.31. The van der Waals surface area contributed by atoms with Crippen LogP contribution in [0.4, 0.5) is 5.82 Å².